The molecule has 1 N–H and O–H groups in total. The van der Waals surface area contributed by atoms with Crippen LogP contribution in [0.4, 0.5) is 0 Å². The molecule has 1 heterocycles. The molecule has 1 unspecified atom stereocenters. The Hall–Kier alpha value is -0.520. The Labute approximate surface area is 97.3 Å². The summed E-state index contributed by atoms with van der Waals surface area (Å²) in [5.41, 5.74) is 0.371. The highest BCUT2D eigenvalue weighted by molar-refractivity contribution is 14.1. The zero-order chi connectivity index (χ0) is 10.9. The Morgan fingerprint density at radius 2 is 2.07 bits per heavy atom. The summed E-state index contributed by atoms with van der Waals surface area (Å²) in [5, 5.41) is 8.99. The summed E-state index contributed by atoms with van der Waals surface area (Å²) < 4.78 is 2.79. The van der Waals surface area contributed by atoms with E-state index in [-0.39, 0.29) is 6.04 Å². The van der Waals surface area contributed by atoms with E-state index in [9.17, 15) is 4.79 Å². The molecule has 0 aliphatic rings. The Morgan fingerprint density at radius 1 is 1.50 bits per heavy atom. The molecule has 1 aromatic heterocycles. The summed E-state index contributed by atoms with van der Waals surface area (Å²) in [6, 6.07) is 1.91. The number of halogens is 1. The van der Waals surface area contributed by atoms with Crippen LogP contribution in [0.1, 0.15) is 37.3 Å². The fourth-order valence-corrected chi connectivity index (χ4v) is 1.87. The summed E-state index contributed by atoms with van der Waals surface area (Å²) >= 11 is 2.13. The van der Waals surface area contributed by atoms with Crippen LogP contribution in [0.25, 0.3) is 0 Å². The topological polar surface area (TPSA) is 42.2 Å². The first-order valence-electron chi connectivity index (χ1n) is 4.54. The third-order valence-corrected chi connectivity index (χ3v) is 3.03. The molecule has 0 radical (unpaired) electrons. The third-order valence-electron chi connectivity index (χ3n) is 2.44. The molecule has 1 atom stereocenters. The van der Waals surface area contributed by atoms with E-state index in [1.54, 1.807) is 6.07 Å². The molecule has 0 spiro atoms. The summed E-state index contributed by atoms with van der Waals surface area (Å²) in [6.45, 7) is 6.21. The molecule has 0 aromatic carbocycles. The van der Waals surface area contributed by atoms with Gasteiger partial charge >= 0.3 is 5.97 Å². The zero-order valence-corrected chi connectivity index (χ0v) is 10.6. The number of aromatic carboxylic acids is 1. The fraction of sp³-hybridized carbons (Fsp3) is 0.500. The van der Waals surface area contributed by atoms with Gasteiger partial charge in [-0.1, -0.05) is 13.8 Å². The van der Waals surface area contributed by atoms with Crippen molar-refractivity contribution in [3.05, 3.63) is 21.5 Å². The van der Waals surface area contributed by atoms with Gasteiger partial charge in [0.15, 0.2) is 0 Å². The predicted octanol–water partition coefficient (Wildman–Crippen LogP) is 3.01. The van der Waals surface area contributed by atoms with Gasteiger partial charge in [-0.3, -0.25) is 0 Å². The van der Waals surface area contributed by atoms with Gasteiger partial charge in [0.25, 0.3) is 0 Å². The van der Waals surface area contributed by atoms with Crippen molar-refractivity contribution in [2.24, 2.45) is 5.92 Å². The van der Waals surface area contributed by atoms with Crippen molar-refractivity contribution >= 4 is 28.6 Å². The Kier molecular flexibility index (Phi) is 3.58. The number of carbonyl (C=O) groups is 1. The van der Waals surface area contributed by atoms with E-state index in [4.69, 9.17) is 5.11 Å². The van der Waals surface area contributed by atoms with Crippen molar-refractivity contribution in [3.8, 4) is 0 Å². The van der Waals surface area contributed by atoms with Gasteiger partial charge in [-0.05, 0) is 41.5 Å². The minimum Gasteiger partial charge on any atom is -0.477 e. The van der Waals surface area contributed by atoms with Crippen molar-refractivity contribution in [1.82, 2.24) is 4.57 Å². The molecule has 3 nitrogen and oxygen atoms in total. The summed E-state index contributed by atoms with van der Waals surface area (Å²) in [6.07, 6.45) is 1.88. The number of carboxylic acids is 1. The fourth-order valence-electron chi connectivity index (χ4n) is 1.28. The minimum absolute atomic E-state index is 0.213. The quantitative estimate of drug-likeness (QED) is 0.872. The van der Waals surface area contributed by atoms with E-state index in [1.165, 1.54) is 0 Å². The van der Waals surface area contributed by atoms with Gasteiger partial charge in [0.1, 0.15) is 5.69 Å². The van der Waals surface area contributed by atoms with Crippen molar-refractivity contribution in [1.29, 1.82) is 0 Å². The standard InChI is InChI=1S/C10H14INO2/c1-6(2)7(3)12-5-8(11)4-9(12)10(13)14/h4-7H,1-3H3,(H,13,14). The predicted molar refractivity (Wildman–Crippen MR) is 63.7 cm³/mol. The molecule has 78 valence electrons. The number of carboxylic acid groups (broad SMARTS) is 1. The normalized spacial score (nSPS) is 13.2. The molecular formula is C10H14INO2. The van der Waals surface area contributed by atoms with Crippen LogP contribution in [0.3, 0.4) is 0 Å². The molecule has 0 fully saturated rings. The summed E-state index contributed by atoms with van der Waals surface area (Å²) in [5.74, 6) is -0.434. The molecule has 0 bridgehead atoms. The van der Waals surface area contributed by atoms with E-state index in [2.05, 4.69) is 36.4 Å². The van der Waals surface area contributed by atoms with E-state index < -0.39 is 5.97 Å². The van der Waals surface area contributed by atoms with Gasteiger partial charge in [0.2, 0.25) is 0 Å². The number of nitrogens with zero attached hydrogens (tertiary/aromatic N) is 1. The lowest BCUT2D eigenvalue weighted by molar-refractivity contribution is 0.0681. The van der Waals surface area contributed by atoms with Gasteiger partial charge < -0.3 is 9.67 Å². The molecule has 0 amide bonds. The molecule has 1 rings (SSSR count). The number of hydrogen-bond acceptors (Lipinski definition) is 1. The Balaban J connectivity index is 3.12. The molecule has 1 aromatic rings. The molecular weight excluding hydrogens is 293 g/mol. The lowest BCUT2D eigenvalue weighted by Gasteiger charge is -2.19. The maximum absolute atomic E-state index is 10.9. The molecule has 4 heteroatoms. The number of aromatic nitrogens is 1. The molecule has 0 aliphatic heterocycles. The maximum Gasteiger partial charge on any atom is 0.352 e. The zero-order valence-electron chi connectivity index (χ0n) is 8.49. The average molecular weight is 307 g/mol. The van der Waals surface area contributed by atoms with Crippen molar-refractivity contribution in [2.45, 2.75) is 26.8 Å². The van der Waals surface area contributed by atoms with Crippen molar-refractivity contribution in [2.75, 3.05) is 0 Å². The third kappa shape index (κ3) is 2.29. The Bertz CT molecular complexity index is 344. The molecule has 0 aliphatic carbocycles. The average Bonchev–Trinajstić information content (AvgIpc) is 2.45. The maximum atomic E-state index is 10.9. The van der Waals surface area contributed by atoms with Gasteiger partial charge in [-0.2, -0.15) is 0 Å². The second kappa shape index (κ2) is 4.33. The van der Waals surface area contributed by atoms with Gasteiger partial charge in [0, 0.05) is 15.8 Å². The second-order valence-electron chi connectivity index (χ2n) is 3.74. The van der Waals surface area contributed by atoms with Crippen molar-refractivity contribution < 1.29 is 9.90 Å². The van der Waals surface area contributed by atoms with E-state index >= 15 is 0 Å². The molecule has 0 saturated carbocycles. The second-order valence-corrected chi connectivity index (χ2v) is 4.99. The van der Waals surface area contributed by atoms with Crippen LogP contribution in [-0.4, -0.2) is 15.6 Å². The molecule has 0 saturated heterocycles. The van der Waals surface area contributed by atoms with Crippen LogP contribution >= 0.6 is 22.6 Å². The largest absolute Gasteiger partial charge is 0.477 e. The summed E-state index contributed by atoms with van der Waals surface area (Å²) in [4.78, 5) is 10.9. The van der Waals surface area contributed by atoms with Crippen LogP contribution in [0.5, 0.6) is 0 Å². The lowest BCUT2D eigenvalue weighted by Crippen LogP contribution is -2.15. The molecule has 14 heavy (non-hydrogen) atoms. The monoisotopic (exact) mass is 307 g/mol. The lowest BCUT2D eigenvalue weighted by atomic mass is 10.1. The van der Waals surface area contributed by atoms with E-state index in [0.29, 0.717) is 11.6 Å². The highest BCUT2D eigenvalue weighted by atomic mass is 127. The first kappa shape index (κ1) is 11.6. The van der Waals surface area contributed by atoms with Crippen LogP contribution in [0.15, 0.2) is 12.3 Å². The number of rotatable bonds is 3. The van der Waals surface area contributed by atoms with E-state index in [0.717, 1.165) is 3.57 Å². The van der Waals surface area contributed by atoms with Gasteiger partial charge in [-0.25, -0.2) is 4.79 Å². The minimum atomic E-state index is -0.861. The van der Waals surface area contributed by atoms with Crippen LogP contribution in [0, 0.1) is 9.49 Å². The first-order valence-corrected chi connectivity index (χ1v) is 5.62. The Morgan fingerprint density at radius 3 is 2.50 bits per heavy atom. The first-order chi connectivity index (χ1) is 6.43. The highest BCUT2D eigenvalue weighted by Crippen LogP contribution is 2.22. The van der Waals surface area contributed by atoms with E-state index in [1.807, 2.05) is 17.7 Å². The highest BCUT2D eigenvalue weighted by Gasteiger charge is 2.17. The smallest absolute Gasteiger partial charge is 0.352 e. The van der Waals surface area contributed by atoms with Crippen molar-refractivity contribution in [3.63, 3.8) is 0 Å². The number of hydrogen-bond donors (Lipinski definition) is 1. The van der Waals surface area contributed by atoms with Crippen LogP contribution in [0.2, 0.25) is 0 Å². The van der Waals surface area contributed by atoms with Gasteiger partial charge in [-0.15, -0.1) is 0 Å². The van der Waals surface area contributed by atoms with Crippen LogP contribution < -0.4 is 0 Å². The summed E-state index contributed by atoms with van der Waals surface area (Å²) in [7, 11) is 0. The van der Waals surface area contributed by atoms with Crippen LogP contribution in [-0.2, 0) is 0 Å². The SMILES string of the molecule is CC(C)C(C)n1cc(I)cc1C(=O)O. The van der Waals surface area contributed by atoms with Gasteiger partial charge in [0.05, 0.1) is 0 Å².